The average Bonchev–Trinajstić information content (AvgIpc) is 2.43. The van der Waals surface area contributed by atoms with E-state index in [0.717, 1.165) is 31.0 Å². The minimum atomic E-state index is -0.831. The minimum Gasteiger partial charge on any atom is -0.388 e. The molecule has 1 amide bonds. The quantitative estimate of drug-likeness (QED) is 0.774. The van der Waals surface area contributed by atoms with Crippen molar-refractivity contribution in [3.63, 3.8) is 0 Å². The van der Waals surface area contributed by atoms with E-state index in [4.69, 9.17) is 0 Å². The molecular weight excluding hydrogens is 260 g/mol. The van der Waals surface area contributed by atoms with E-state index in [9.17, 15) is 9.90 Å². The zero-order valence-electron chi connectivity index (χ0n) is 12.6. The predicted octanol–water partition coefficient (Wildman–Crippen LogP) is 1.34. The number of amides is 1. The van der Waals surface area contributed by atoms with E-state index in [1.165, 1.54) is 0 Å². The van der Waals surface area contributed by atoms with E-state index < -0.39 is 5.60 Å². The van der Waals surface area contributed by atoms with Gasteiger partial charge in [-0.2, -0.15) is 11.8 Å². The van der Waals surface area contributed by atoms with Gasteiger partial charge in [0.05, 0.1) is 11.6 Å². The molecule has 4 nitrogen and oxygen atoms in total. The number of thioether (sulfide) groups is 1. The van der Waals surface area contributed by atoms with Crippen LogP contribution in [0.2, 0.25) is 0 Å². The molecule has 0 spiro atoms. The van der Waals surface area contributed by atoms with E-state index in [0.29, 0.717) is 6.54 Å². The van der Waals surface area contributed by atoms with Gasteiger partial charge >= 0.3 is 0 Å². The van der Waals surface area contributed by atoms with Gasteiger partial charge < -0.3 is 10.4 Å². The van der Waals surface area contributed by atoms with E-state index in [-0.39, 0.29) is 17.9 Å². The largest absolute Gasteiger partial charge is 0.388 e. The van der Waals surface area contributed by atoms with Crippen molar-refractivity contribution in [2.24, 2.45) is 5.92 Å². The van der Waals surface area contributed by atoms with Crippen molar-refractivity contribution < 1.29 is 9.90 Å². The van der Waals surface area contributed by atoms with Gasteiger partial charge in [-0.05, 0) is 19.8 Å². The van der Waals surface area contributed by atoms with Gasteiger partial charge in [-0.3, -0.25) is 9.69 Å². The fraction of sp³-hybridized carbons (Fsp3) is 0.929. The first kappa shape index (κ1) is 16.8. The smallest absolute Gasteiger partial charge is 0.237 e. The maximum absolute atomic E-state index is 12.1. The summed E-state index contributed by atoms with van der Waals surface area (Å²) < 4.78 is 0. The van der Waals surface area contributed by atoms with Gasteiger partial charge in [-0.1, -0.05) is 20.3 Å². The van der Waals surface area contributed by atoms with Gasteiger partial charge in [-0.25, -0.2) is 0 Å². The van der Waals surface area contributed by atoms with Crippen molar-refractivity contribution in [3.8, 4) is 0 Å². The lowest BCUT2D eigenvalue weighted by molar-refractivity contribution is -0.127. The van der Waals surface area contributed by atoms with Crippen LogP contribution in [0.3, 0.4) is 0 Å². The number of nitrogens with zero attached hydrogens (tertiary/aromatic N) is 1. The number of nitrogens with one attached hydrogen (secondary N) is 1. The molecule has 1 fully saturated rings. The van der Waals surface area contributed by atoms with Gasteiger partial charge in [0.2, 0.25) is 5.91 Å². The standard InChI is InChI=1S/C14H28N2O2S/c1-5-11(2)14(4,18)10-15-13(17)12(3)16-6-8-19-9-7-16/h11-12,18H,5-10H2,1-4H3,(H,15,17). The summed E-state index contributed by atoms with van der Waals surface area (Å²) in [6, 6.07) is -0.103. The Labute approximate surface area is 121 Å². The monoisotopic (exact) mass is 288 g/mol. The second-order valence-corrected chi connectivity index (χ2v) is 6.93. The summed E-state index contributed by atoms with van der Waals surface area (Å²) in [6.07, 6.45) is 0.905. The highest BCUT2D eigenvalue weighted by molar-refractivity contribution is 7.99. The lowest BCUT2D eigenvalue weighted by atomic mass is 9.88. The Bertz CT molecular complexity index is 291. The molecule has 0 aliphatic carbocycles. The van der Waals surface area contributed by atoms with Crippen LogP contribution in [0.1, 0.15) is 34.1 Å². The second-order valence-electron chi connectivity index (χ2n) is 5.71. The molecule has 0 aromatic rings. The molecule has 5 heteroatoms. The number of carbonyl (C=O) groups excluding carboxylic acids is 1. The zero-order chi connectivity index (χ0) is 14.5. The highest BCUT2D eigenvalue weighted by atomic mass is 32.2. The van der Waals surface area contributed by atoms with Crippen LogP contribution in [-0.2, 0) is 4.79 Å². The van der Waals surface area contributed by atoms with Gasteiger partial charge in [0.25, 0.3) is 0 Å². The molecule has 112 valence electrons. The molecule has 3 atom stereocenters. The summed E-state index contributed by atoms with van der Waals surface area (Å²) in [7, 11) is 0. The zero-order valence-corrected chi connectivity index (χ0v) is 13.4. The Morgan fingerprint density at radius 3 is 2.53 bits per heavy atom. The summed E-state index contributed by atoms with van der Waals surface area (Å²) in [5, 5.41) is 13.2. The van der Waals surface area contributed by atoms with Crippen molar-refractivity contribution in [2.45, 2.75) is 45.8 Å². The normalized spacial score (nSPS) is 23.4. The van der Waals surface area contributed by atoms with Crippen LogP contribution < -0.4 is 5.32 Å². The lowest BCUT2D eigenvalue weighted by Gasteiger charge is -2.33. The number of carbonyl (C=O) groups is 1. The van der Waals surface area contributed by atoms with Crippen LogP contribution >= 0.6 is 11.8 Å². The maximum atomic E-state index is 12.1. The molecule has 0 radical (unpaired) electrons. The Morgan fingerprint density at radius 1 is 1.42 bits per heavy atom. The Balaban J connectivity index is 2.41. The van der Waals surface area contributed by atoms with Crippen LogP contribution in [0, 0.1) is 5.92 Å². The molecule has 1 aliphatic heterocycles. The third-order valence-electron chi connectivity index (χ3n) is 4.27. The topological polar surface area (TPSA) is 52.6 Å². The van der Waals surface area contributed by atoms with Gasteiger partial charge in [0.1, 0.15) is 0 Å². The third-order valence-corrected chi connectivity index (χ3v) is 5.21. The molecule has 0 saturated carbocycles. The van der Waals surface area contributed by atoms with Crippen molar-refractivity contribution in [2.75, 3.05) is 31.1 Å². The van der Waals surface area contributed by atoms with Crippen molar-refractivity contribution in [1.29, 1.82) is 0 Å². The Morgan fingerprint density at radius 2 is 2.00 bits per heavy atom. The molecule has 1 aliphatic rings. The lowest BCUT2D eigenvalue weighted by Crippen LogP contribution is -2.52. The highest BCUT2D eigenvalue weighted by Gasteiger charge is 2.29. The fourth-order valence-electron chi connectivity index (χ4n) is 2.16. The first-order valence-corrected chi connectivity index (χ1v) is 8.35. The van der Waals surface area contributed by atoms with E-state index in [1.54, 1.807) is 6.92 Å². The van der Waals surface area contributed by atoms with Crippen molar-refractivity contribution in [3.05, 3.63) is 0 Å². The summed E-state index contributed by atoms with van der Waals surface area (Å²) >= 11 is 1.94. The van der Waals surface area contributed by atoms with Crippen LogP contribution in [0.25, 0.3) is 0 Å². The third kappa shape index (κ3) is 4.97. The fourth-order valence-corrected chi connectivity index (χ4v) is 3.09. The van der Waals surface area contributed by atoms with Gasteiger partial charge in [0, 0.05) is 31.1 Å². The molecule has 2 N–H and O–H groups in total. The summed E-state index contributed by atoms with van der Waals surface area (Å²) in [4.78, 5) is 14.3. The first-order valence-electron chi connectivity index (χ1n) is 7.20. The van der Waals surface area contributed by atoms with Gasteiger partial charge in [0.15, 0.2) is 0 Å². The van der Waals surface area contributed by atoms with Crippen molar-refractivity contribution >= 4 is 17.7 Å². The summed E-state index contributed by atoms with van der Waals surface area (Å²) in [5.41, 5.74) is -0.831. The highest BCUT2D eigenvalue weighted by Crippen LogP contribution is 2.19. The minimum absolute atomic E-state index is 0.0236. The number of hydrogen-bond donors (Lipinski definition) is 2. The summed E-state index contributed by atoms with van der Waals surface area (Å²) in [5.74, 6) is 2.40. The molecule has 0 bridgehead atoms. The average molecular weight is 288 g/mol. The number of rotatable bonds is 6. The SMILES string of the molecule is CCC(C)C(C)(O)CNC(=O)C(C)N1CCSCC1. The molecule has 0 aromatic heterocycles. The molecule has 1 saturated heterocycles. The van der Waals surface area contributed by atoms with Gasteiger partial charge in [-0.15, -0.1) is 0 Å². The number of aliphatic hydroxyl groups is 1. The molecular formula is C14H28N2O2S. The van der Waals surface area contributed by atoms with E-state index in [1.807, 2.05) is 25.6 Å². The summed E-state index contributed by atoms with van der Waals surface area (Å²) in [6.45, 7) is 10.1. The predicted molar refractivity (Wildman–Crippen MR) is 81.4 cm³/mol. The first-order chi connectivity index (χ1) is 8.88. The maximum Gasteiger partial charge on any atom is 0.237 e. The molecule has 1 rings (SSSR count). The second kappa shape index (κ2) is 7.50. The Kier molecular flexibility index (Phi) is 6.63. The molecule has 1 heterocycles. The van der Waals surface area contributed by atoms with Crippen LogP contribution in [0.15, 0.2) is 0 Å². The molecule has 3 unspecified atom stereocenters. The Hall–Kier alpha value is -0.260. The van der Waals surface area contributed by atoms with E-state index >= 15 is 0 Å². The van der Waals surface area contributed by atoms with E-state index in [2.05, 4.69) is 17.1 Å². The van der Waals surface area contributed by atoms with Crippen LogP contribution in [0.4, 0.5) is 0 Å². The molecule has 19 heavy (non-hydrogen) atoms. The van der Waals surface area contributed by atoms with Crippen LogP contribution in [-0.4, -0.2) is 58.7 Å². The van der Waals surface area contributed by atoms with Crippen molar-refractivity contribution in [1.82, 2.24) is 10.2 Å². The number of hydrogen-bond acceptors (Lipinski definition) is 4. The van der Waals surface area contributed by atoms with Crippen LogP contribution in [0.5, 0.6) is 0 Å². The molecule has 0 aromatic carbocycles.